The Morgan fingerprint density at radius 3 is 2.40 bits per heavy atom. The fraction of sp³-hybridized carbons (Fsp3) is 0.483. The summed E-state index contributed by atoms with van der Waals surface area (Å²) < 4.78 is 14.1. The maximum absolute atomic E-state index is 10.7. The van der Waals surface area contributed by atoms with Gasteiger partial charge in [-0.25, -0.2) is 4.68 Å². The van der Waals surface area contributed by atoms with Gasteiger partial charge in [0.2, 0.25) is 5.88 Å². The molecule has 1 heterocycles. The molecule has 0 saturated heterocycles. The number of nitrogens with zero attached hydrogens (tertiary/aromatic N) is 3. The molecule has 1 fully saturated rings. The molecule has 0 aliphatic heterocycles. The first-order chi connectivity index (χ1) is 16.9. The molecule has 0 spiro atoms. The molecule has 6 nitrogen and oxygen atoms in total. The van der Waals surface area contributed by atoms with Crippen LogP contribution in [0, 0.1) is 25.7 Å². The predicted molar refractivity (Wildman–Crippen MR) is 139 cm³/mol. The third-order valence-electron chi connectivity index (χ3n) is 6.20. The van der Waals surface area contributed by atoms with Gasteiger partial charge < -0.3 is 14.6 Å². The average Bonchev–Trinajstić information content (AvgIpc) is 3.60. The Morgan fingerprint density at radius 1 is 1.03 bits per heavy atom. The Morgan fingerprint density at radius 2 is 1.74 bits per heavy atom. The average molecular weight is 478 g/mol. The van der Waals surface area contributed by atoms with E-state index in [1.165, 1.54) is 18.4 Å². The van der Waals surface area contributed by atoms with Gasteiger partial charge in [-0.15, -0.1) is 0 Å². The lowest BCUT2D eigenvalue weighted by molar-refractivity contribution is 0.00609. The Hall–Kier alpha value is -2.67. The summed E-state index contributed by atoms with van der Waals surface area (Å²) in [5.74, 6) is 2.66. The number of aromatic nitrogens is 2. The highest BCUT2D eigenvalue weighted by Gasteiger charge is 2.28. The predicted octanol–water partition coefficient (Wildman–Crippen LogP) is 5.53. The topological polar surface area (TPSA) is 59.8 Å². The second-order valence-corrected chi connectivity index (χ2v) is 10.3. The zero-order chi connectivity index (χ0) is 24.8. The molecule has 0 amide bonds. The van der Waals surface area contributed by atoms with Gasteiger partial charge in [0.1, 0.15) is 5.75 Å². The third-order valence-corrected chi connectivity index (χ3v) is 6.20. The summed E-state index contributed by atoms with van der Waals surface area (Å²) in [5.41, 5.74) is 4.13. The summed E-state index contributed by atoms with van der Waals surface area (Å²) >= 11 is 0. The molecule has 3 aromatic rings. The van der Waals surface area contributed by atoms with Gasteiger partial charge in [0, 0.05) is 26.2 Å². The van der Waals surface area contributed by atoms with Crippen LogP contribution in [0.4, 0.5) is 0 Å². The van der Waals surface area contributed by atoms with Crippen molar-refractivity contribution in [2.75, 3.05) is 26.3 Å². The zero-order valence-electron chi connectivity index (χ0n) is 21.5. The largest absolute Gasteiger partial charge is 0.439 e. The van der Waals surface area contributed by atoms with E-state index in [1.807, 2.05) is 54.1 Å². The van der Waals surface area contributed by atoms with Crippen LogP contribution in [0.25, 0.3) is 5.69 Å². The fourth-order valence-electron chi connectivity index (χ4n) is 4.17. The highest BCUT2D eigenvalue weighted by atomic mass is 16.5. The van der Waals surface area contributed by atoms with Crippen LogP contribution in [0.5, 0.6) is 11.6 Å². The number of ether oxygens (including phenoxy) is 2. The lowest BCUT2D eigenvalue weighted by atomic mass is 10.2. The molecule has 1 saturated carbocycles. The Bertz CT molecular complexity index is 1060. The van der Waals surface area contributed by atoms with Crippen LogP contribution in [-0.4, -0.2) is 52.2 Å². The number of benzene rings is 2. The molecule has 6 heteroatoms. The van der Waals surface area contributed by atoms with Crippen molar-refractivity contribution in [1.29, 1.82) is 0 Å². The number of aliphatic hydroxyl groups is 1. The first kappa shape index (κ1) is 25.4. The number of aliphatic hydroxyl groups excluding tert-OH is 1. The highest BCUT2D eigenvalue weighted by Crippen LogP contribution is 2.34. The van der Waals surface area contributed by atoms with E-state index in [9.17, 15) is 5.11 Å². The molecule has 1 N–H and O–H groups in total. The zero-order valence-corrected chi connectivity index (χ0v) is 21.5. The molecule has 4 rings (SSSR count). The summed E-state index contributed by atoms with van der Waals surface area (Å²) in [6.07, 6.45) is 1.98. The van der Waals surface area contributed by atoms with E-state index in [1.54, 1.807) is 0 Å². The fourth-order valence-corrected chi connectivity index (χ4v) is 4.17. The molecule has 2 aromatic carbocycles. The summed E-state index contributed by atoms with van der Waals surface area (Å²) in [5, 5.41) is 15.6. The second kappa shape index (κ2) is 11.8. The monoisotopic (exact) mass is 477 g/mol. The van der Waals surface area contributed by atoms with Crippen LogP contribution in [0.2, 0.25) is 0 Å². The van der Waals surface area contributed by atoms with Gasteiger partial charge in [-0.3, -0.25) is 4.90 Å². The van der Waals surface area contributed by atoms with E-state index in [0.717, 1.165) is 35.1 Å². The normalized spacial score (nSPS) is 14.6. The second-order valence-electron chi connectivity index (χ2n) is 10.3. The Balaban J connectivity index is 1.59. The van der Waals surface area contributed by atoms with Crippen molar-refractivity contribution >= 4 is 0 Å². The van der Waals surface area contributed by atoms with E-state index in [2.05, 4.69) is 37.8 Å². The summed E-state index contributed by atoms with van der Waals surface area (Å²) in [6, 6.07) is 18.2. The van der Waals surface area contributed by atoms with Crippen molar-refractivity contribution in [3.63, 3.8) is 0 Å². The molecule has 0 radical (unpaired) electrons. The van der Waals surface area contributed by atoms with Crippen LogP contribution in [-0.2, 0) is 11.3 Å². The standard InChI is InChI=1S/C29H39N3O3/c1-21(2)19-34-20-26(33)17-31(16-24-12-13-24)18-28-23(4)30-32(25-8-6-5-7-9-25)29(28)35-27-14-10-22(3)11-15-27/h5-11,14-15,21,24,26,33H,12-13,16-20H2,1-4H3/t26-/m0/s1. The van der Waals surface area contributed by atoms with E-state index < -0.39 is 6.10 Å². The van der Waals surface area contributed by atoms with Crippen LogP contribution < -0.4 is 4.74 Å². The minimum Gasteiger partial charge on any atom is -0.439 e. The lowest BCUT2D eigenvalue weighted by Gasteiger charge is -2.25. The third kappa shape index (κ3) is 7.40. The SMILES string of the molecule is Cc1ccc(Oc2c(CN(CC3CC3)C[C@H](O)COCC(C)C)c(C)nn2-c2ccccc2)cc1. The van der Waals surface area contributed by atoms with Crippen molar-refractivity contribution < 1.29 is 14.6 Å². The van der Waals surface area contributed by atoms with Gasteiger partial charge in [0.05, 0.1) is 29.7 Å². The molecule has 1 atom stereocenters. The van der Waals surface area contributed by atoms with Crippen molar-refractivity contribution in [2.45, 2.75) is 53.2 Å². The summed E-state index contributed by atoms with van der Waals surface area (Å²) in [6.45, 7) is 11.6. The number of para-hydroxylation sites is 1. The van der Waals surface area contributed by atoms with E-state index in [4.69, 9.17) is 14.6 Å². The minimum absolute atomic E-state index is 0.355. The number of hydrogen-bond acceptors (Lipinski definition) is 5. The van der Waals surface area contributed by atoms with Gasteiger partial charge in [0.15, 0.2) is 0 Å². The molecule has 1 aromatic heterocycles. The maximum Gasteiger partial charge on any atom is 0.227 e. The molecule has 35 heavy (non-hydrogen) atoms. The van der Waals surface area contributed by atoms with Crippen molar-refractivity contribution in [1.82, 2.24) is 14.7 Å². The first-order valence-corrected chi connectivity index (χ1v) is 12.8. The molecule has 1 aliphatic carbocycles. The van der Waals surface area contributed by atoms with Gasteiger partial charge in [-0.05, 0) is 62.8 Å². The molecule has 1 aliphatic rings. The first-order valence-electron chi connectivity index (χ1n) is 12.8. The molecule has 0 bridgehead atoms. The van der Waals surface area contributed by atoms with Gasteiger partial charge >= 0.3 is 0 Å². The van der Waals surface area contributed by atoms with E-state index in [-0.39, 0.29) is 0 Å². The van der Waals surface area contributed by atoms with Crippen molar-refractivity contribution in [2.24, 2.45) is 11.8 Å². The van der Waals surface area contributed by atoms with Gasteiger partial charge in [0.25, 0.3) is 0 Å². The quantitative estimate of drug-likeness (QED) is 0.351. The summed E-state index contributed by atoms with van der Waals surface area (Å²) in [7, 11) is 0. The smallest absolute Gasteiger partial charge is 0.227 e. The maximum atomic E-state index is 10.7. The highest BCUT2D eigenvalue weighted by molar-refractivity contribution is 5.43. The molecule has 188 valence electrons. The van der Waals surface area contributed by atoms with Gasteiger partial charge in [-0.1, -0.05) is 49.7 Å². The van der Waals surface area contributed by atoms with Crippen LogP contribution in [0.15, 0.2) is 54.6 Å². The van der Waals surface area contributed by atoms with Crippen LogP contribution in [0.3, 0.4) is 0 Å². The minimum atomic E-state index is -0.529. The molecular formula is C29H39N3O3. The van der Waals surface area contributed by atoms with Crippen LogP contribution >= 0.6 is 0 Å². The molecular weight excluding hydrogens is 438 g/mol. The molecule has 0 unspecified atom stereocenters. The van der Waals surface area contributed by atoms with Crippen molar-refractivity contribution in [3.8, 4) is 17.3 Å². The summed E-state index contributed by atoms with van der Waals surface area (Å²) in [4.78, 5) is 2.34. The van der Waals surface area contributed by atoms with E-state index >= 15 is 0 Å². The van der Waals surface area contributed by atoms with Gasteiger partial charge in [-0.2, -0.15) is 5.10 Å². The van der Waals surface area contributed by atoms with Crippen LogP contribution in [0.1, 0.15) is 43.5 Å². The number of hydrogen-bond donors (Lipinski definition) is 1. The van der Waals surface area contributed by atoms with E-state index in [0.29, 0.717) is 38.1 Å². The van der Waals surface area contributed by atoms with Crippen molar-refractivity contribution in [3.05, 3.63) is 71.4 Å². The Labute approximate surface area is 209 Å². The number of aryl methyl sites for hydroxylation is 2. The Kier molecular flexibility index (Phi) is 8.60. The lowest BCUT2D eigenvalue weighted by Crippen LogP contribution is -2.36. The number of rotatable bonds is 13.